The number of nitrogens with zero attached hydrogens (tertiary/aromatic N) is 1. The second-order valence-electron chi connectivity index (χ2n) is 8.85. The average Bonchev–Trinajstić information content (AvgIpc) is 2.66. The third-order valence-corrected chi connectivity index (χ3v) is 5.23. The van der Waals surface area contributed by atoms with Gasteiger partial charge in [0.15, 0.2) is 0 Å². The zero-order valence-electron chi connectivity index (χ0n) is 17.6. The van der Waals surface area contributed by atoms with Crippen molar-refractivity contribution in [1.29, 1.82) is 0 Å². The number of hydrogen-bond acceptors (Lipinski definition) is 3. The molecule has 1 aliphatic rings. The van der Waals surface area contributed by atoms with E-state index in [0.717, 1.165) is 24.0 Å². The number of halogens is 1. The summed E-state index contributed by atoms with van der Waals surface area (Å²) in [6, 6.07) is 12.4. The van der Waals surface area contributed by atoms with Crippen molar-refractivity contribution in [2.45, 2.75) is 52.2 Å². The Balaban J connectivity index is 1.86. The lowest BCUT2D eigenvalue weighted by Gasteiger charge is -2.36. The molecule has 2 aromatic rings. The maximum atomic E-state index is 14.8. The number of carbonyl (C=O) groups is 1. The maximum Gasteiger partial charge on any atom is 0.410 e. The number of aryl methyl sites for hydroxylation is 1. The summed E-state index contributed by atoms with van der Waals surface area (Å²) in [5, 5.41) is 11.2. The minimum Gasteiger partial charge on any atom is -0.444 e. The molecule has 1 heterocycles. The summed E-state index contributed by atoms with van der Waals surface area (Å²) in [6.07, 6.45) is 0.305. The number of amides is 1. The number of carbonyl (C=O) groups excluding carboxylic acids is 1. The van der Waals surface area contributed by atoms with Crippen LogP contribution in [0, 0.1) is 18.7 Å². The number of rotatable bonds is 3. The van der Waals surface area contributed by atoms with Gasteiger partial charge in [0, 0.05) is 24.6 Å². The van der Waals surface area contributed by atoms with Crippen molar-refractivity contribution >= 4 is 6.09 Å². The van der Waals surface area contributed by atoms with Gasteiger partial charge < -0.3 is 14.7 Å². The van der Waals surface area contributed by atoms with Crippen LogP contribution < -0.4 is 0 Å². The molecule has 2 atom stereocenters. The van der Waals surface area contributed by atoms with Crippen LogP contribution in [0.3, 0.4) is 0 Å². The van der Waals surface area contributed by atoms with E-state index in [4.69, 9.17) is 4.74 Å². The molecule has 1 saturated heterocycles. The Morgan fingerprint density at radius 3 is 2.66 bits per heavy atom. The summed E-state index contributed by atoms with van der Waals surface area (Å²) in [6.45, 7) is 8.46. The van der Waals surface area contributed by atoms with Gasteiger partial charge in [-0.25, -0.2) is 9.18 Å². The molecule has 3 rings (SSSR count). The summed E-state index contributed by atoms with van der Waals surface area (Å²) < 4.78 is 20.3. The van der Waals surface area contributed by atoms with Crippen LogP contribution in [0.25, 0.3) is 11.1 Å². The van der Waals surface area contributed by atoms with Gasteiger partial charge in [-0.2, -0.15) is 0 Å². The van der Waals surface area contributed by atoms with Gasteiger partial charge in [-0.05, 0) is 57.7 Å². The van der Waals surface area contributed by atoms with Crippen LogP contribution in [0.5, 0.6) is 0 Å². The number of likely N-dealkylation sites (tertiary alicyclic amines) is 1. The van der Waals surface area contributed by atoms with Crippen molar-refractivity contribution in [3.05, 3.63) is 59.4 Å². The molecular formula is C24H30FNO3. The highest BCUT2D eigenvalue weighted by atomic mass is 19.1. The predicted molar refractivity (Wildman–Crippen MR) is 112 cm³/mol. The Morgan fingerprint density at radius 2 is 1.97 bits per heavy atom. The quantitative estimate of drug-likeness (QED) is 0.743. The Hall–Kier alpha value is -2.40. The van der Waals surface area contributed by atoms with E-state index in [0.29, 0.717) is 24.2 Å². The third-order valence-electron chi connectivity index (χ3n) is 5.23. The topological polar surface area (TPSA) is 49.8 Å². The Kier molecular flexibility index (Phi) is 6.27. The number of aliphatic hydroxyl groups is 1. The van der Waals surface area contributed by atoms with Gasteiger partial charge in [0.2, 0.25) is 0 Å². The van der Waals surface area contributed by atoms with E-state index in [1.54, 1.807) is 17.0 Å². The Morgan fingerprint density at radius 1 is 1.24 bits per heavy atom. The molecule has 0 unspecified atom stereocenters. The predicted octanol–water partition coefficient (Wildman–Crippen LogP) is 5.48. The van der Waals surface area contributed by atoms with Crippen LogP contribution in [-0.4, -0.2) is 34.8 Å². The SMILES string of the molecule is Cc1cccc(-c2c(F)cccc2[C@H](O)[C@@H]2CCCN(C(=O)OC(C)(C)C)C2)c1. The van der Waals surface area contributed by atoms with E-state index in [2.05, 4.69) is 0 Å². The highest BCUT2D eigenvalue weighted by Gasteiger charge is 2.33. The number of ether oxygens (including phenoxy) is 1. The molecule has 0 aromatic heterocycles. The molecule has 4 nitrogen and oxygen atoms in total. The lowest BCUT2D eigenvalue weighted by atomic mass is 9.85. The van der Waals surface area contributed by atoms with Crippen molar-refractivity contribution in [1.82, 2.24) is 4.90 Å². The summed E-state index contributed by atoms with van der Waals surface area (Å²) in [5.41, 5.74) is 2.20. The van der Waals surface area contributed by atoms with E-state index in [-0.39, 0.29) is 17.8 Å². The Labute approximate surface area is 172 Å². The Bertz CT molecular complexity index is 875. The summed E-state index contributed by atoms with van der Waals surface area (Å²) in [7, 11) is 0. The minimum absolute atomic E-state index is 0.179. The fourth-order valence-corrected chi connectivity index (χ4v) is 3.91. The normalized spacial score (nSPS) is 18.4. The number of hydrogen-bond donors (Lipinski definition) is 1. The molecule has 1 amide bonds. The zero-order valence-corrected chi connectivity index (χ0v) is 17.6. The highest BCUT2D eigenvalue weighted by molar-refractivity contribution is 5.70. The van der Waals surface area contributed by atoms with Crippen LogP contribution >= 0.6 is 0 Å². The molecular weight excluding hydrogens is 369 g/mol. The second kappa shape index (κ2) is 8.54. The van der Waals surface area contributed by atoms with E-state index in [1.807, 2.05) is 52.0 Å². The molecule has 1 fully saturated rings. The smallest absolute Gasteiger partial charge is 0.410 e. The highest BCUT2D eigenvalue weighted by Crippen LogP contribution is 2.37. The van der Waals surface area contributed by atoms with E-state index in [9.17, 15) is 14.3 Å². The van der Waals surface area contributed by atoms with Gasteiger partial charge in [-0.3, -0.25) is 0 Å². The number of benzene rings is 2. The third kappa shape index (κ3) is 5.15. The van der Waals surface area contributed by atoms with E-state index < -0.39 is 11.7 Å². The van der Waals surface area contributed by atoms with Crippen molar-refractivity contribution < 1.29 is 19.0 Å². The van der Waals surface area contributed by atoms with Gasteiger partial charge >= 0.3 is 6.09 Å². The molecule has 2 aromatic carbocycles. The molecule has 5 heteroatoms. The first-order valence-corrected chi connectivity index (χ1v) is 10.2. The van der Waals surface area contributed by atoms with Crippen molar-refractivity contribution in [2.75, 3.05) is 13.1 Å². The molecule has 0 saturated carbocycles. The zero-order chi connectivity index (χ0) is 21.2. The summed E-state index contributed by atoms with van der Waals surface area (Å²) in [4.78, 5) is 14.1. The second-order valence-corrected chi connectivity index (χ2v) is 8.85. The van der Waals surface area contributed by atoms with Crippen molar-refractivity contribution in [3.8, 4) is 11.1 Å². The van der Waals surface area contributed by atoms with Gasteiger partial charge in [-0.15, -0.1) is 0 Å². The van der Waals surface area contributed by atoms with Crippen molar-refractivity contribution in [3.63, 3.8) is 0 Å². The van der Waals surface area contributed by atoms with Crippen LogP contribution in [0.15, 0.2) is 42.5 Å². The van der Waals surface area contributed by atoms with Gasteiger partial charge in [0.1, 0.15) is 11.4 Å². The van der Waals surface area contributed by atoms with Crippen LogP contribution in [-0.2, 0) is 4.74 Å². The van der Waals surface area contributed by atoms with Gasteiger partial charge in [0.05, 0.1) is 6.10 Å². The molecule has 0 aliphatic carbocycles. The molecule has 0 bridgehead atoms. The van der Waals surface area contributed by atoms with Crippen molar-refractivity contribution in [2.24, 2.45) is 5.92 Å². The van der Waals surface area contributed by atoms with Gasteiger partial charge in [-0.1, -0.05) is 42.0 Å². The van der Waals surface area contributed by atoms with E-state index >= 15 is 0 Å². The fourth-order valence-electron chi connectivity index (χ4n) is 3.91. The number of piperidine rings is 1. The summed E-state index contributed by atoms with van der Waals surface area (Å²) >= 11 is 0. The first-order chi connectivity index (χ1) is 13.7. The molecule has 29 heavy (non-hydrogen) atoms. The standard InChI is InChI=1S/C24H30FNO3/c1-16-8-5-9-17(14-16)21-19(11-6-12-20(21)25)22(27)18-10-7-13-26(15-18)23(28)29-24(2,3)4/h5-6,8-9,11-12,14,18,22,27H,7,10,13,15H2,1-4H3/t18-,22-/m1/s1. The van der Waals surface area contributed by atoms with Crippen LogP contribution in [0.4, 0.5) is 9.18 Å². The monoisotopic (exact) mass is 399 g/mol. The molecule has 0 radical (unpaired) electrons. The average molecular weight is 400 g/mol. The largest absolute Gasteiger partial charge is 0.444 e. The fraction of sp³-hybridized carbons (Fsp3) is 0.458. The van der Waals surface area contributed by atoms with Crippen LogP contribution in [0.1, 0.15) is 50.8 Å². The lowest BCUT2D eigenvalue weighted by molar-refractivity contribution is 0.00243. The van der Waals surface area contributed by atoms with Gasteiger partial charge in [0.25, 0.3) is 0 Å². The molecule has 0 spiro atoms. The first kappa shape index (κ1) is 21.3. The minimum atomic E-state index is -0.869. The first-order valence-electron chi connectivity index (χ1n) is 10.2. The lowest BCUT2D eigenvalue weighted by Crippen LogP contribution is -2.44. The molecule has 1 N–H and O–H groups in total. The van der Waals surface area contributed by atoms with E-state index in [1.165, 1.54) is 6.07 Å². The summed E-state index contributed by atoms with van der Waals surface area (Å²) in [5.74, 6) is -0.534. The van der Waals surface area contributed by atoms with Crippen LogP contribution in [0.2, 0.25) is 0 Å². The molecule has 156 valence electrons. The number of aliphatic hydroxyl groups excluding tert-OH is 1. The molecule has 1 aliphatic heterocycles. The maximum absolute atomic E-state index is 14.8.